The Morgan fingerprint density at radius 2 is 1.38 bits per heavy atom. The van der Waals surface area contributed by atoms with E-state index < -0.39 is 58.5 Å². The summed E-state index contributed by atoms with van der Waals surface area (Å²) >= 11 is 0. The van der Waals surface area contributed by atoms with Gasteiger partial charge < -0.3 is 20.4 Å². The van der Waals surface area contributed by atoms with Crippen LogP contribution < -0.4 is 10.8 Å². The predicted molar refractivity (Wildman–Crippen MR) is 115 cm³/mol. The van der Waals surface area contributed by atoms with Crippen molar-refractivity contribution in [3.63, 3.8) is 0 Å². The molecule has 1 amide bonds. The maximum Gasteiger partial charge on any atom is 0.307 e. The highest BCUT2D eigenvalue weighted by Crippen LogP contribution is 2.33. The Kier molecular flexibility index (Phi) is 10.6. The van der Waals surface area contributed by atoms with E-state index in [1.807, 2.05) is 0 Å². The van der Waals surface area contributed by atoms with Crippen LogP contribution in [0.5, 0.6) is 0 Å². The van der Waals surface area contributed by atoms with E-state index in [0.29, 0.717) is 19.4 Å². The van der Waals surface area contributed by atoms with Gasteiger partial charge in [-0.15, -0.1) is 0 Å². The maximum atomic E-state index is 12.4. The topological polar surface area (TPSA) is 211 Å². The zero-order chi connectivity index (χ0) is 25.3. The number of hydrogen-bond donors (Lipinski definition) is 4. The van der Waals surface area contributed by atoms with Crippen molar-refractivity contribution in [2.75, 3.05) is 19.7 Å². The predicted octanol–water partition coefficient (Wildman–Crippen LogP) is 0.696. The van der Waals surface area contributed by atoms with Crippen LogP contribution in [0.1, 0.15) is 51.4 Å². The number of carbonyl (C=O) groups excluding carboxylic acids is 1. The van der Waals surface area contributed by atoms with E-state index in [-0.39, 0.29) is 56.6 Å². The molecule has 2 fully saturated rings. The minimum absolute atomic E-state index is 0.0356. The number of nitrogens with one attached hydrogen (secondary N) is 2. The van der Waals surface area contributed by atoms with Gasteiger partial charge in [0.1, 0.15) is 0 Å². The second-order valence-electron chi connectivity index (χ2n) is 8.96. The van der Waals surface area contributed by atoms with Crippen molar-refractivity contribution in [2.45, 2.75) is 63.5 Å². The van der Waals surface area contributed by atoms with Gasteiger partial charge in [0.2, 0.25) is 18.0 Å². The number of unbranched alkanes of at least 4 members (excludes halogenated alkanes) is 1. The lowest BCUT2D eigenvalue weighted by Crippen LogP contribution is -2.44. The Morgan fingerprint density at radius 3 is 1.97 bits per heavy atom. The first kappa shape index (κ1) is 27.4. The molecule has 34 heavy (non-hydrogen) atoms. The number of hydroxylamine groups is 1. The number of amides is 1. The summed E-state index contributed by atoms with van der Waals surface area (Å²) in [6, 6.07) is -1.68. The molecule has 0 aromatic rings. The minimum Gasteiger partial charge on any atom is -0.481 e. The lowest BCUT2D eigenvalue weighted by Gasteiger charge is -2.29. The first-order chi connectivity index (χ1) is 16.1. The SMILES string of the molecule is O=C(O)C1CCC([N+](=O)[O-])CC1CONCCCCNC(=O)C1CC([N+](=O)[O-])CCC1C(=O)O. The number of carbonyl (C=O) groups is 3. The fraction of sp³-hybridized carbons (Fsp3) is 0.850. The van der Waals surface area contributed by atoms with Gasteiger partial charge in [0, 0.05) is 54.5 Å². The smallest absolute Gasteiger partial charge is 0.307 e. The summed E-state index contributed by atoms with van der Waals surface area (Å²) in [5, 5.41) is 43.3. The van der Waals surface area contributed by atoms with Crippen LogP contribution in [0.2, 0.25) is 0 Å². The molecule has 0 heterocycles. The molecule has 2 aliphatic carbocycles. The van der Waals surface area contributed by atoms with Gasteiger partial charge in [0.15, 0.2) is 0 Å². The highest BCUT2D eigenvalue weighted by atomic mass is 16.6. The summed E-state index contributed by atoms with van der Waals surface area (Å²) in [5.74, 6) is -5.64. The van der Waals surface area contributed by atoms with Gasteiger partial charge in [-0.25, -0.2) is 5.48 Å². The molecule has 6 atom stereocenters. The minimum atomic E-state index is -1.13. The van der Waals surface area contributed by atoms with E-state index in [9.17, 15) is 44.8 Å². The number of carboxylic acid groups (broad SMARTS) is 2. The van der Waals surface area contributed by atoms with Crippen LogP contribution in [0.25, 0.3) is 0 Å². The molecule has 0 saturated heterocycles. The van der Waals surface area contributed by atoms with E-state index in [0.717, 1.165) is 0 Å². The molecule has 2 rings (SSSR count). The van der Waals surface area contributed by atoms with Crippen LogP contribution in [0.4, 0.5) is 0 Å². The molecule has 0 spiro atoms. The third kappa shape index (κ3) is 7.87. The quantitative estimate of drug-likeness (QED) is 0.161. The number of hydrogen-bond acceptors (Lipinski definition) is 9. The molecule has 14 heteroatoms. The summed E-state index contributed by atoms with van der Waals surface area (Å²) in [7, 11) is 0. The standard InChI is InChI=1S/C20H32N4O10/c25-18(17-10-14(24(32)33)4-6-16(17)20(28)29)21-7-1-2-8-22-34-11-12-9-13(23(30)31)3-5-15(12)19(26)27/h12-17,22H,1-11H2,(H,21,25)(H,26,27)(H,28,29). The van der Waals surface area contributed by atoms with Crippen LogP contribution in [0.15, 0.2) is 0 Å². The normalized spacial score (nSPS) is 29.2. The highest BCUT2D eigenvalue weighted by Gasteiger charge is 2.43. The van der Waals surface area contributed by atoms with E-state index in [4.69, 9.17) is 4.84 Å². The Bertz CT molecular complexity index is 764. The van der Waals surface area contributed by atoms with E-state index in [1.165, 1.54) is 0 Å². The number of aliphatic carboxylic acids is 2. The van der Waals surface area contributed by atoms with Crippen LogP contribution >= 0.6 is 0 Å². The molecule has 2 aliphatic rings. The molecule has 14 nitrogen and oxygen atoms in total. The Morgan fingerprint density at radius 1 is 0.824 bits per heavy atom. The summed E-state index contributed by atoms with van der Waals surface area (Å²) in [6.07, 6.45) is 1.87. The Hall–Kier alpha value is -2.87. The zero-order valence-electron chi connectivity index (χ0n) is 18.8. The average molecular weight is 488 g/mol. The summed E-state index contributed by atoms with van der Waals surface area (Å²) < 4.78 is 0. The molecule has 0 aromatic heterocycles. The number of nitro groups is 2. The Balaban J connectivity index is 1.65. The van der Waals surface area contributed by atoms with Gasteiger partial charge in [0.25, 0.3) is 0 Å². The highest BCUT2D eigenvalue weighted by molar-refractivity contribution is 5.84. The summed E-state index contributed by atoms with van der Waals surface area (Å²) in [6.45, 7) is 0.693. The Labute approximate surface area is 195 Å². The third-order valence-electron chi connectivity index (χ3n) is 6.75. The third-order valence-corrected chi connectivity index (χ3v) is 6.75. The maximum absolute atomic E-state index is 12.4. The van der Waals surface area contributed by atoms with Crippen molar-refractivity contribution >= 4 is 17.8 Å². The van der Waals surface area contributed by atoms with Crippen molar-refractivity contribution in [3.8, 4) is 0 Å². The zero-order valence-corrected chi connectivity index (χ0v) is 18.8. The van der Waals surface area contributed by atoms with Crippen molar-refractivity contribution < 1.29 is 39.3 Å². The van der Waals surface area contributed by atoms with E-state index in [1.54, 1.807) is 0 Å². The second kappa shape index (κ2) is 13.1. The molecule has 2 saturated carbocycles. The van der Waals surface area contributed by atoms with Crippen LogP contribution in [-0.2, 0) is 19.2 Å². The van der Waals surface area contributed by atoms with Gasteiger partial charge in [0.05, 0.1) is 24.4 Å². The fourth-order valence-electron chi connectivity index (χ4n) is 4.77. The molecule has 0 radical (unpaired) electrons. The van der Waals surface area contributed by atoms with Crippen LogP contribution in [-0.4, -0.2) is 69.7 Å². The van der Waals surface area contributed by atoms with Crippen molar-refractivity contribution in [1.82, 2.24) is 10.8 Å². The van der Waals surface area contributed by atoms with Crippen LogP contribution in [0, 0.1) is 43.9 Å². The van der Waals surface area contributed by atoms with Crippen molar-refractivity contribution in [3.05, 3.63) is 20.2 Å². The molecule has 192 valence electrons. The van der Waals surface area contributed by atoms with Crippen molar-refractivity contribution in [1.29, 1.82) is 0 Å². The first-order valence-electron chi connectivity index (χ1n) is 11.5. The number of carboxylic acids is 2. The van der Waals surface area contributed by atoms with Crippen LogP contribution in [0.3, 0.4) is 0 Å². The van der Waals surface area contributed by atoms with Gasteiger partial charge in [-0.2, -0.15) is 0 Å². The van der Waals surface area contributed by atoms with E-state index in [2.05, 4.69) is 10.8 Å². The molecule has 6 unspecified atom stereocenters. The fourth-order valence-corrected chi connectivity index (χ4v) is 4.77. The molecular weight excluding hydrogens is 456 g/mol. The molecule has 4 N–H and O–H groups in total. The number of nitrogens with zero attached hydrogens (tertiary/aromatic N) is 2. The largest absolute Gasteiger partial charge is 0.481 e. The van der Waals surface area contributed by atoms with Crippen molar-refractivity contribution in [2.24, 2.45) is 23.7 Å². The lowest BCUT2D eigenvalue weighted by molar-refractivity contribution is -0.528. The molecule has 0 aromatic carbocycles. The number of rotatable bonds is 13. The van der Waals surface area contributed by atoms with Gasteiger partial charge in [-0.05, 0) is 25.7 Å². The summed E-state index contributed by atoms with van der Waals surface area (Å²) in [4.78, 5) is 61.7. The van der Waals surface area contributed by atoms with E-state index >= 15 is 0 Å². The van der Waals surface area contributed by atoms with Gasteiger partial charge in [-0.3, -0.25) is 34.6 Å². The first-order valence-corrected chi connectivity index (χ1v) is 11.5. The lowest BCUT2D eigenvalue weighted by atomic mass is 9.76. The molecular formula is C20H32N4O10. The average Bonchev–Trinajstić information content (AvgIpc) is 2.79. The monoisotopic (exact) mass is 488 g/mol. The van der Waals surface area contributed by atoms with Gasteiger partial charge >= 0.3 is 11.9 Å². The molecule has 0 aliphatic heterocycles. The molecule has 0 bridgehead atoms. The second-order valence-corrected chi connectivity index (χ2v) is 8.96. The van der Waals surface area contributed by atoms with Gasteiger partial charge in [-0.1, -0.05) is 0 Å². The summed E-state index contributed by atoms with van der Waals surface area (Å²) in [5.41, 5.74) is 2.70.